The van der Waals surface area contributed by atoms with Gasteiger partial charge in [0, 0.05) is 6.07 Å². The first kappa shape index (κ1) is 10.1. The molecule has 0 aliphatic heterocycles. The fraction of sp³-hybridized carbons (Fsp3) is 0.214. The molecular formula is C14H14N2O. The molecule has 1 aromatic heterocycles. The molecule has 3 rings (SSSR count). The zero-order chi connectivity index (χ0) is 11.8. The average molecular weight is 226 g/mol. The Morgan fingerprint density at radius 2 is 2.24 bits per heavy atom. The van der Waals surface area contributed by atoms with Gasteiger partial charge in [-0.2, -0.15) is 0 Å². The molecule has 3 heteroatoms. The van der Waals surface area contributed by atoms with Gasteiger partial charge in [-0.3, -0.25) is 0 Å². The number of benzene rings is 1. The third-order valence-corrected chi connectivity index (χ3v) is 3.17. The molecule has 3 nitrogen and oxygen atoms in total. The highest BCUT2D eigenvalue weighted by Gasteiger charge is 2.14. The van der Waals surface area contributed by atoms with E-state index in [9.17, 15) is 5.11 Å². The Kier molecular flexibility index (Phi) is 2.25. The fourth-order valence-corrected chi connectivity index (χ4v) is 2.26. The van der Waals surface area contributed by atoms with Crippen LogP contribution in [-0.4, -0.2) is 14.7 Å². The second kappa shape index (κ2) is 3.77. The lowest BCUT2D eigenvalue weighted by Gasteiger charge is -2.13. The molecule has 2 aromatic rings. The van der Waals surface area contributed by atoms with E-state index < -0.39 is 0 Å². The number of allylic oxidation sites excluding steroid dienone is 1. The molecule has 0 saturated heterocycles. The zero-order valence-electron chi connectivity index (χ0n) is 9.72. The van der Waals surface area contributed by atoms with E-state index in [0.717, 1.165) is 29.8 Å². The first-order chi connectivity index (χ1) is 8.25. The molecule has 86 valence electrons. The minimum Gasteiger partial charge on any atom is -0.508 e. The summed E-state index contributed by atoms with van der Waals surface area (Å²) in [5.41, 5.74) is 4.41. The summed E-state index contributed by atoms with van der Waals surface area (Å²) in [5, 5.41) is 9.59. The van der Waals surface area contributed by atoms with Crippen LogP contribution in [0.1, 0.15) is 23.4 Å². The van der Waals surface area contributed by atoms with Crippen LogP contribution in [0, 0.1) is 6.92 Å². The van der Waals surface area contributed by atoms with Crippen molar-refractivity contribution in [3.8, 4) is 11.4 Å². The third-order valence-electron chi connectivity index (χ3n) is 3.17. The quantitative estimate of drug-likeness (QED) is 0.812. The Morgan fingerprint density at radius 1 is 1.35 bits per heavy atom. The molecule has 1 N–H and O–H groups in total. The Labute approximate surface area is 100 Å². The lowest BCUT2D eigenvalue weighted by molar-refractivity contribution is 0.475. The molecule has 0 radical (unpaired) electrons. The molecule has 0 fully saturated rings. The van der Waals surface area contributed by atoms with Crippen molar-refractivity contribution in [1.29, 1.82) is 0 Å². The van der Waals surface area contributed by atoms with Gasteiger partial charge in [-0.15, -0.1) is 0 Å². The standard InChI is InChI=1S/C14H14N2O/c1-10-6-7-11(17)8-14(10)16-9-15-12-4-2-3-5-13(12)16/h2,4,6-9,17H,3,5H2,1H3. The molecule has 0 bridgehead atoms. The van der Waals surface area contributed by atoms with Crippen molar-refractivity contribution in [3.63, 3.8) is 0 Å². The molecule has 0 saturated carbocycles. The van der Waals surface area contributed by atoms with E-state index in [1.165, 1.54) is 5.69 Å². The van der Waals surface area contributed by atoms with E-state index in [1.807, 2.05) is 19.3 Å². The summed E-state index contributed by atoms with van der Waals surface area (Å²) in [5.74, 6) is 0.291. The Hall–Kier alpha value is -2.03. The van der Waals surface area contributed by atoms with Gasteiger partial charge in [0.2, 0.25) is 0 Å². The van der Waals surface area contributed by atoms with Crippen molar-refractivity contribution < 1.29 is 5.11 Å². The van der Waals surface area contributed by atoms with Gasteiger partial charge in [0.15, 0.2) is 0 Å². The van der Waals surface area contributed by atoms with Crippen molar-refractivity contribution in [2.24, 2.45) is 0 Å². The van der Waals surface area contributed by atoms with Crippen LogP contribution in [-0.2, 0) is 6.42 Å². The van der Waals surface area contributed by atoms with E-state index in [-0.39, 0.29) is 0 Å². The highest BCUT2D eigenvalue weighted by Crippen LogP contribution is 2.25. The first-order valence-corrected chi connectivity index (χ1v) is 5.78. The number of aromatic nitrogens is 2. The maximum absolute atomic E-state index is 9.59. The summed E-state index contributed by atoms with van der Waals surface area (Å²) in [7, 11) is 0. The Balaban J connectivity index is 2.19. The predicted molar refractivity (Wildman–Crippen MR) is 67.3 cm³/mol. The van der Waals surface area contributed by atoms with E-state index in [4.69, 9.17) is 0 Å². The third kappa shape index (κ3) is 1.64. The molecule has 0 spiro atoms. The van der Waals surface area contributed by atoms with Crippen LogP contribution < -0.4 is 0 Å². The summed E-state index contributed by atoms with van der Waals surface area (Å²) < 4.78 is 2.08. The van der Waals surface area contributed by atoms with Gasteiger partial charge >= 0.3 is 0 Å². The van der Waals surface area contributed by atoms with Crippen LogP contribution in [0.5, 0.6) is 5.75 Å². The number of aryl methyl sites for hydroxylation is 1. The number of nitrogens with zero attached hydrogens (tertiary/aromatic N) is 2. The van der Waals surface area contributed by atoms with E-state index in [0.29, 0.717) is 5.75 Å². The SMILES string of the molecule is Cc1ccc(O)cc1-n1cnc2c1CCC=C2. The van der Waals surface area contributed by atoms with Crippen molar-refractivity contribution in [3.05, 3.63) is 47.6 Å². The molecule has 1 aromatic carbocycles. The lowest BCUT2D eigenvalue weighted by Crippen LogP contribution is -2.03. The summed E-state index contributed by atoms with van der Waals surface area (Å²) in [6.45, 7) is 2.04. The van der Waals surface area contributed by atoms with Crippen molar-refractivity contribution in [2.45, 2.75) is 19.8 Å². The smallest absolute Gasteiger partial charge is 0.117 e. The molecule has 1 aliphatic rings. The topological polar surface area (TPSA) is 38.0 Å². The first-order valence-electron chi connectivity index (χ1n) is 5.78. The molecule has 0 amide bonds. The van der Waals surface area contributed by atoms with Crippen LogP contribution in [0.2, 0.25) is 0 Å². The van der Waals surface area contributed by atoms with Gasteiger partial charge in [-0.25, -0.2) is 4.98 Å². The van der Waals surface area contributed by atoms with Crippen LogP contribution in [0.4, 0.5) is 0 Å². The van der Waals surface area contributed by atoms with Crippen LogP contribution >= 0.6 is 0 Å². The van der Waals surface area contributed by atoms with Gasteiger partial charge in [-0.1, -0.05) is 12.1 Å². The largest absolute Gasteiger partial charge is 0.508 e. The number of rotatable bonds is 1. The van der Waals surface area contributed by atoms with Gasteiger partial charge in [0.05, 0.1) is 17.1 Å². The second-order valence-corrected chi connectivity index (χ2v) is 4.36. The van der Waals surface area contributed by atoms with Gasteiger partial charge in [0.25, 0.3) is 0 Å². The highest BCUT2D eigenvalue weighted by molar-refractivity contribution is 5.54. The number of fused-ring (bicyclic) bond motifs is 1. The highest BCUT2D eigenvalue weighted by atomic mass is 16.3. The minimum absolute atomic E-state index is 0.291. The van der Waals surface area contributed by atoms with Crippen molar-refractivity contribution in [1.82, 2.24) is 9.55 Å². The van der Waals surface area contributed by atoms with Crippen LogP contribution in [0.25, 0.3) is 11.8 Å². The number of hydrogen-bond donors (Lipinski definition) is 1. The summed E-state index contributed by atoms with van der Waals surface area (Å²) in [6, 6.07) is 5.42. The maximum atomic E-state index is 9.59. The normalized spacial score (nSPS) is 13.7. The Morgan fingerprint density at radius 3 is 3.12 bits per heavy atom. The number of phenols is 1. The van der Waals surface area contributed by atoms with E-state index in [1.54, 1.807) is 12.1 Å². The molecular weight excluding hydrogens is 212 g/mol. The number of hydrogen-bond acceptors (Lipinski definition) is 2. The van der Waals surface area contributed by atoms with Crippen LogP contribution in [0.3, 0.4) is 0 Å². The summed E-state index contributed by atoms with van der Waals surface area (Å²) in [4.78, 5) is 4.40. The zero-order valence-corrected chi connectivity index (χ0v) is 9.72. The average Bonchev–Trinajstić information content (AvgIpc) is 2.76. The van der Waals surface area contributed by atoms with Crippen molar-refractivity contribution >= 4 is 6.08 Å². The maximum Gasteiger partial charge on any atom is 0.117 e. The van der Waals surface area contributed by atoms with E-state index >= 15 is 0 Å². The molecule has 0 atom stereocenters. The number of aromatic hydroxyl groups is 1. The molecule has 0 unspecified atom stereocenters. The fourth-order valence-electron chi connectivity index (χ4n) is 2.26. The van der Waals surface area contributed by atoms with Crippen molar-refractivity contribution in [2.75, 3.05) is 0 Å². The Bertz CT molecular complexity index is 596. The monoisotopic (exact) mass is 226 g/mol. The molecule has 17 heavy (non-hydrogen) atoms. The number of phenolic OH excluding ortho intramolecular Hbond substituents is 1. The molecule has 1 aliphatic carbocycles. The van der Waals surface area contributed by atoms with Gasteiger partial charge in [0.1, 0.15) is 12.1 Å². The number of imidazole rings is 1. The second-order valence-electron chi connectivity index (χ2n) is 4.36. The lowest BCUT2D eigenvalue weighted by atomic mass is 10.1. The minimum atomic E-state index is 0.291. The van der Waals surface area contributed by atoms with Gasteiger partial charge in [-0.05, 0) is 37.5 Å². The van der Waals surface area contributed by atoms with E-state index in [2.05, 4.69) is 21.7 Å². The molecule has 1 heterocycles. The predicted octanol–water partition coefficient (Wildman–Crippen LogP) is 2.85. The van der Waals surface area contributed by atoms with Crippen LogP contribution in [0.15, 0.2) is 30.6 Å². The summed E-state index contributed by atoms with van der Waals surface area (Å²) in [6.07, 6.45) is 8.10. The van der Waals surface area contributed by atoms with Gasteiger partial charge < -0.3 is 9.67 Å². The summed E-state index contributed by atoms with van der Waals surface area (Å²) >= 11 is 0.